The number of hydrogen-bond acceptors (Lipinski definition) is 3. The number of aryl methyl sites for hydroxylation is 1. The second-order valence-corrected chi connectivity index (χ2v) is 5.52. The summed E-state index contributed by atoms with van der Waals surface area (Å²) in [4.78, 5) is 16.6. The number of rotatable bonds is 4. The Bertz CT molecular complexity index is 617. The van der Waals surface area contributed by atoms with Crippen LogP contribution in [0.5, 0.6) is 0 Å². The number of carbonyl (C=O) groups excluding carboxylic acids is 1. The van der Waals surface area contributed by atoms with Gasteiger partial charge in [0.25, 0.3) is 0 Å². The minimum Gasteiger partial charge on any atom is -0.345 e. The number of hydrogen-bond donors (Lipinski definition) is 2. The minimum absolute atomic E-state index is 0.114. The van der Waals surface area contributed by atoms with Crippen LogP contribution in [0.4, 0.5) is 0 Å². The molecule has 0 saturated heterocycles. The lowest BCUT2D eigenvalue weighted by atomic mass is 10.0. The molecule has 0 aliphatic heterocycles. The molecule has 3 N–H and O–H groups in total. The van der Waals surface area contributed by atoms with Gasteiger partial charge in [0.15, 0.2) is 0 Å². The number of aromatic nitrogens is 2. The van der Waals surface area contributed by atoms with E-state index < -0.39 is 6.04 Å². The Morgan fingerprint density at radius 3 is 2.55 bits per heavy atom. The van der Waals surface area contributed by atoms with E-state index in [1.54, 1.807) is 0 Å². The Labute approximate surface area is 119 Å². The quantitative estimate of drug-likeness (QED) is 0.892. The third-order valence-electron chi connectivity index (χ3n) is 3.59. The Morgan fingerprint density at radius 1 is 1.30 bits per heavy atom. The van der Waals surface area contributed by atoms with Gasteiger partial charge < -0.3 is 15.6 Å². The van der Waals surface area contributed by atoms with Crippen molar-refractivity contribution in [3.8, 4) is 0 Å². The molecule has 1 amide bonds. The molecule has 0 aliphatic carbocycles. The first-order valence-electron chi connectivity index (χ1n) is 6.89. The van der Waals surface area contributed by atoms with Gasteiger partial charge in [-0.2, -0.15) is 0 Å². The zero-order chi connectivity index (χ0) is 14.9. The summed E-state index contributed by atoms with van der Waals surface area (Å²) in [5.74, 6) is 0.803. The maximum atomic E-state index is 12.0. The van der Waals surface area contributed by atoms with Gasteiger partial charge in [-0.1, -0.05) is 26.0 Å². The maximum Gasteiger partial charge on any atom is 0.237 e. The van der Waals surface area contributed by atoms with Crippen LogP contribution in [0.15, 0.2) is 24.3 Å². The molecule has 1 heterocycles. The summed E-state index contributed by atoms with van der Waals surface area (Å²) in [6.07, 6.45) is 0. The van der Waals surface area contributed by atoms with Gasteiger partial charge >= 0.3 is 0 Å². The molecule has 0 bridgehead atoms. The topological polar surface area (TPSA) is 72.9 Å². The largest absolute Gasteiger partial charge is 0.345 e. The smallest absolute Gasteiger partial charge is 0.237 e. The van der Waals surface area contributed by atoms with Crippen molar-refractivity contribution >= 4 is 16.9 Å². The minimum atomic E-state index is -0.493. The molecule has 108 valence electrons. The highest BCUT2D eigenvalue weighted by Crippen LogP contribution is 2.19. The van der Waals surface area contributed by atoms with Crippen molar-refractivity contribution in [3.63, 3.8) is 0 Å². The van der Waals surface area contributed by atoms with Gasteiger partial charge in [0, 0.05) is 7.05 Å². The molecule has 0 radical (unpaired) electrons. The molecule has 1 aromatic heterocycles. The third kappa shape index (κ3) is 2.67. The maximum absolute atomic E-state index is 12.0. The molecule has 20 heavy (non-hydrogen) atoms. The van der Waals surface area contributed by atoms with Gasteiger partial charge in [0.2, 0.25) is 5.91 Å². The Balaban J connectivity index is 2.21. The van der Waals surface area contributed by atoms with Crippen molar-refractivity contribution in [1.29, 1.82) is 0 Å². The highest BCUT2D eigenvalue weighted by Gasteiger charge is 2.21. The van der Waals surface area contributed by atoms with E-state index in [2.05, 4.69) is 10.3 Å². The first kappa shape index (κ1) is 14.5. The lowest BCUT2D eigenvalue weighted by Crippen LogP contribution is -2.45. The van der Waals surface area contributed by atoms with Gasteiger partial charge in [0.05, 0.1) is 23.1 Å². The standard InChI is InChI=1S/C15H22N4O/c1-9(2)13(16)15(20)17-10(3)14-18-11-7-5-6-8-12(11)19(14)4/h5-10,13H,16H2,1-4H3,(H,17,20)/t10?,13-/m0/s1. The number of nitrogens with one attached hydrogen (secondary N) is 1. The van der Waals surface area contributed by atoms with Crippen LogP contribution in [0.1, 0.15) is 32.6 Å². The van der Waals surface area contributed by atoms with Crippen LogP contribution in [-0.2, 0) is 11.8 Å². The molecule has 2 atom stereocenters. The molecule has 1 aromatic carbocycles. The normalized spacial score (nSPS) is 14.5. The average molecular weight is 274 g/mol. The summed E-state index contributed by atoms with van der Waals surface area (Å²) in [6, 6.07) is 7.24. The fraction of sp³-hybridized carbons (Fsp3) is 0.467. The van der Waals surface area contributed by atoms with Crippen molar-refractivity contribution in [3.05, 3.63) is 30.1 Å². The van der Waals surface area contributed by atoms with Crippen LogP contribution in [0.2, 0.25) is 0 Å². The van der Waals surface area contributed by atoms with E-state index in [4.69, 9.17) is 5.73 Å². The predicted octanol–water partition coefficient (Wildman–Crippen LogP) is 1.73. The number of nitrogens with two attached hydrogens (primary N) is 1. The fourth-order valence-corrected chi connectivity index (χ4v) is 2.23. The third-order valence-corrected chi connectivity index (χ3v) is 3.59. The van der Waals surface area contributed by atoms with Crippen molar-refractivity contribution in [2.24, 2.45) is 18.7 Å². The van der Waals surface area contributed by atoms with Gasteiger partial charge in [0.1, 0.15) is 5.82 Å². The Hall–Kier alpha value is -1.88. The number of para-hydroxylation sites is 2. The second-order valence-electron chi connectivity index (χ2n) is 5.52. The number of amides is 1. The molecule has 2 rings (SSSR count). The van der Waals surface area contributed by atoms with E-state index in [-0.39, 0.29) is 17.9 Å². The van der Waals surface area contributed by atoms with Crippen LogP contribution >= 0.6 is 0 Å². The first-order valence-corrected chi connectivity index (χ1v) is 6.89. The zero-order valence-corrected chi connectivity index (χ0v) is 12.4. The van der Waals surface area contributed by atoms with Crippen LogP contribution in [0, 0.1) is 5.92 Å². The van der Waals surface area contributed by atoms with E-state index in [0.29, 0.717) is 0 Å². The van der Waals surface area contributed by atoms with Gasteiger partial charge in [-0.25, -0.2) is 4.98 Å². The summed E-state index contributed by atoms with van der Waals surface area (Å²) in [6.45, 7) is 5.79. The Kier molecular flexibility index (Phi) is 4.09. The van der Waals surface area contributed by atoms with Crippen molar-refractivity contribution in [2.45, 2.75) is 32.9 Å². The molecule has 1 unspecified atom stereocenters. The van der Waals surface area contributed by atoms with E-state index in [9.17, 15) is 4.79 Å². The van der Waals surface area contributed by atoms with E-state index in [1.807, 2.05) is 56.7 Å². The fourth-order valence-electron chi connectivity index (χ4n) is 2.23. The van der Waals surface area contributed by atoms with Crippen molar-refractivity contribution in [2.75, 3.05) is 0 Å². The van der Waals surface area contributed by atoms with E-state index in [0.717, 1.165) is 16.9 Å². The molecule has 0 fully saturated rings. The zero-order valence-electron chi connectivity index (χ0n) is 12.4. The van der Waals surface area contributed by atoms with Crippen LogP contribution < -0.4 is 11.1 Å². The number of imidazole rings is 1. The number of carbonyl (C=O) groups is 1. The SMILES string of the molecule is CC(NC(=O)[C@@H](N)C(C)C)c1nc2ccccc2n1C. The van der Waals surface area contributed by atoms with Crippen molar-refractivity contribution in [1.82, 2.24) is 14.9 Å². The summed E-state index contributed by atoms with van der Waals surface area (Å²) < 4.78 is 2.00. The number of benzene rings is 1. The first-order chi connectivity index (χ1) is 9.41. The lowest BCUT2D eigenvalue weighted by molar-refractivity contribution is -0.123. The lowest BCUT2D eigenvalue weighted by Gasteiger charge is -2.19. The van der Waals surface area contributed by atoms with E-state index >= 15 is 0 Å². The molecule has 0 saturated carbocycles. The summed E-state index contributed by atoms with van der Waals surface area (Å²) >= 11 is 0. The molecular formula is C15H22N4O. The average Bonchev–Trinajstić information content (AvgIpc) is 2.75. The molecule has 5 heteroatoms. The number of fused-ring (bicyclic) bond motifs is 1. The molecule has 0 aliphatic rings. The van der Waals surface area contributed by atoms with Gasteiger partial charge in [-0.05, 0) is 25.0 Å². The molecular weight excluding hydrogens is 252 g/mol. The summed E-state index contributed by atoms with van der Waals surface area (Å²) in [7, 11) is 1.95. The van der Waals surface area contributed by atoms with E-state index in [1.165, 1.54) is 0 Å². The molecule has 0 spiro atoms. The highest BCUT2D eigenvalue weighted by molar-refractivity contribution is 5.82. The van der Waals surface area contributed by atoms with Gasteiger partial charge in [-0.15, -0.1) is 0 Å². The Morgan fingerprint density at radius 2 is 1.95 bits per heavy atom. The van der Waals surface area contributed by atoms with Crippen LogP contribution in [-0.4, -0.2) is 21.5 Å². The van der Waals surface area contributed by atoms with Crippen molar-refractivity contribution < 1.29 is 4.79 Å². The predicted molar refractivity (Wildman–Crippen MR) is 80.1 cm³/mol. The van der Waals surface area contributed by atoms with Gasteiger partial charge in [-0.3, -0.25) is 4.79 Å². The van der Waals surface area contributed by atoms with Crippen LogP contribution in [0.3, 0.4) is 0 Å². The summed E-state index contributed by atoms with van der Waals surface area (Å²) in [5, 5.41) is 2.93. The van der Waals surface area contributed by atoms with Crippen LogP contribution in [0.25, 0.3) is 11.0 Å². The molecule has 5 nitrogen and oxygen atoms in total. The highest BCUT2D eigenvalue weighted by atomic mass is 16.2. The molecule has 2 aromatic rings. The second kappa shape index (κ2) is 5.63. The number of nitrogens with zero attached hydrogens (tertiary/aromatic N) is 2. The monoisotopic (exact) mass is 274 g/mol. The summed E-state index contributed by atoms with van der Waals surface area (Å²) in [5.41, 5.74) is 7.84.